The molecule has 1 aromatic heterocycles. The molecule has 6 N–H and O–H groups in total. The number of aromatic nitrogens is 1. The number of nitrogens with zero attached hydrogens (tertiary/aromatic N) is 1. The van der Waals surface area contributed by atoms with Crippen LogP contribution < -0.4 is 17.2 Å². The first-order valence-electron chi connectivity index (χ1n) is 3.11. The summed E-state index contributed by atoms with van der Waals surface area (Å²) < 4.78 is 24.2. The Hall–Kier alpha value is -1.59. The Bertz CT molecular complexity index is 300. The van der Waals surface area contributed by atoms with Crippen molar-refractivity contribution in [3.63, 3.8) is 0 Å². The van der Waals surface area contributed by atoms with E-state index in [0.29, 0.717) is 0 Å². The van der Waals surface area contributed by atoms with Crippen LogP contribution in [0.3, 0.4) is 0 Å². The Morgan fingerprint density at radius 3 is 2.25 bits per heavy atom. The van der Waals surface area contributed by atoms with E-state index in [2.05, 4.69) is 4.98 Å². The zero-order valence-corrected chi connectivity index (χ0v) is 6.09. The summed E-state index contributed by atoms with van der Waals surface area (Å²) in [7, 11) is 0. The molecule has 0 aromatic carbocycles. The highest BCUT2D eigenvalue weighted by Crippen LogP contribution is 2.30. The molecule has 1 heterocycles. The van der Waals surface area contributed by atoms with E-state index in [4.69, 9.17) is 17.2 Å². The molecule has 0 radical (unpaired) electrons. The molecule has 6 heteroatoms. The van der Waals surface area contributed by atoms with Crippen LogP contribution in [-0.4, -0.2) is 4.98 Å². The average molecular weight is 174 g/mol. The van der Waals surface area contributed by atoms with Crippen LogP contribution in [-0.2, 0) is 0 Å². The molecule has 0 amide bonds. The average Bonchev–Trinajstić information content (AvgIpc) is 2.00. The largest absolute Gasteiger partial charge is 0.396 e. The predicted molar refractivity (Wildman–Crippen MR) is 42.4 cm³/mol. The van der Waals surface area contributed by atoms with Gasteiger partial charge in [0.2, 0.25) is 0 Å². The number of alkyl halides is 2. The van der Waals surface area contributed by atoms with Crippen LogP contribution in [0.1, 0.15) is 12.1 Å². The minimum Gasteiger partial charge on any atom is -0.396 e. The second-order valence-corrected chi connectivity index (χ2v) is 2.23. The molecule has 1 rings (SSSR count). The van der Waals surface area contributed by atoms with Crippen LogP contribution in [0.4, 0.5) is 25.8 Å². The Labute approximate surface area is 67.4 Å². The van der Waals surface area contributed by atoms with Crippen molar-refractivity contribution in [1.82, 2.24) is 4.98 Å². The highest BCUT2D eigenvalue weighted by atomic mass is 19.3. The Kier molecular flexibility index (Phi) is 1.99. The van der Waals surface area contributed by atoms with Crippen molar-refractivity contribution in [2.24, 2.45) is 0 Å². The van der Waals surface area contributed by atoms with Crippen molar-refractivity contribution in [2.75, 3.05) is 17.2 Å². The normalized spacial score (nSPS) is 10.6. The molecule has 0 aliphatic rings. The maximum Gasteiger partial charge on any atom is 0.282 e. The third-order valence-electron chi connectivity index (χ3n) is 1.43. The van der Waals surface area contributed by atoms with Crippen molar-refractivity contribution < 1.29 is 8.78 Å². The van der Waals surface area contributed by atoms with Gasteiger partial charge in [0.15, 0.2) is 0 Å². The summed E-state index contributed by atoms with van der Waals surface area (Å²) in [4.78, 5) is 3.36. The van der Waals surface area contributed by atoms with Gasteiger partial charge in [-0.1, -0.05) is 0 Å². The quantitative estimate of drug-likeness (QED) is 0.586. The van der Waals surface area contributed by atoms with E-state index in [1.807, 2.05) is 0 Å². The van der Waals surface area contributed by atoms with Gasteiger partial charge in [0.1, 0.15) is 5.69 Å². The van der Waals surface area contributed by atoms with Gasteiger partial charge in [-0.25, -0.2) is 8.78 Å². The number of nitrogens with two attached hydrogens (primary N) is 3. The van der Waals surface area contributed by atoms with E-state index in [1.54, 1.807) is 0 Å². The van der Waals surface area contributed by atoms with Crippen LogP contribution in [0, 0.1) is 0 Å². The van der Waals surface area contributed by atoms with Crippen LogP contribution in [0.25, 0.3) is 0 Å². The molecule has 0 aliphatic carbocycles. The van der Waals surface area contributed by atoms with Gasteiger partial charge in [-0.15, -0.1) is 0 Å². The number of pyridine rings is 1. The predicted octanol–water partition coefficient (Wildman–Crippen LogP) is 0.766. The molecule has 1 aromatic rings. The molecule has 0 saturated carbocycles. The standard InChI is InChI=1S/C6H8F2N4/c7-6(8)5-4(11)3(10)2(9)1-12-5/h1,6H,9,11H2,(H2,10,12). The lowest BCUT2D eigenvalue weighted by Crippen LogP contribution is -2.06. The van der Waals surface area contributed by atoms with Gasteiger partial charge >= 0.3 is 0 Å². The van der Waals surface area contributed by atoms with Crippen molar-refractivity contribution in [1.29, 1.82) is 0 Å². The highest BCUT2D eigenvalue weighted by molar-refractivity contribution is 5.77. The molecular weight excluding hydrogens is 166 g/mol. The zero-order valence-electron chi connectivity index (χ0n) is 6.09. The molecule has 0 atom stereocenters. The van der Waals surface area contributed by atoms with Crippen LogP contribution in [0.2, 0.25) is 0 Å². The molecule has 0 fully saturated rings. The first-order chi connectivity index (χ1) is 5.54. The number of halogens is 2. The lowest BCUT2D eigenvalue weighted by molar-refractivity contribution is 0.147. The molecule has 0 saturated heterocycles. The smallest absolute Gasteiger partial charge is 0.282 e. The monoisotopic (exact) mass is 174 g/mol. The Morgan fingerprint density at radius 2 is 1.75 bits per heavy atom. The van der Waals surface area contributed by atoms with Gasteiger partial charge in [-0.2, -0.15) is 0 Å². The SMILES string of the molecule is Nc1cnc(C(F)F)c(N)c1N. The summed E-state index contributed by atoms with van der Waals surface area (Å²) in [5, 5.41) is 0. The van der Waals surface area contributed by atoms with E-state index in [-0.39, 0.29) is 17.1 Å². The summed E-state index contributed by atoms with van der Waals surface area (Å²) >= 11 is 0. The fourth-order valence-electron chi connectivity index (χ4n) is 0.746. The number of hydrogen-bond donors (Lipinski definition) is 3. The summed E-state index contributed by atoms with van der Waals surface area (Å²) in [5.41, 5.74) is 15.1. The summed E-state index contributed by atoms with van der Waals surface area (Å²) in [6, 6.07) is 0. The van der Waals surface area contributed by atoms with E-state index in [1.165, 1.54) is 0 Å². The van der Waals surface area contributed by atoms with Crippen molar-refractivity contribution in [2.45, 2.75) is 6.43 Å². The molecule has 0 spiro atoms. The van der Waals surface area contributed by atoms with Gasteiger partial charge in [0.25, 0.3) is 6.43 Å². The van der Waals surface area contributed by atoms with Crippen molar-refractivity contribution in [3.8, 4) is 0 Å². The minimum absolute atomic E-state index is 0.0414. The molecule has 0 bridgehead atoms. The van der Waals surface area contributed by atoms with E-state index < -0.39 is 12.1 Å². The maximum absolute atomic E-state index is 12.1. The van der Waals surface area contributed by atoms with Crippen LogP contribution in [0.5, 0.6) is 0 Å². The molecule has 0 unspecified atom stereocenters. The van der Waals surface area contributed by atoms with Gasteiger partial charge in [0.05, 0.1) is 23.3 Å². The Morgan fingerprint density at radius 1 is 1.17 bits per heavy atom. The molecule has 0 aliphatic heterocycles. The highest BCUT2D eigenvalue weighted by Gasteiger charge is 2.15. The minimum atomic E-state index is -2.73. The first kappa shape index (κ1) is 8.51. The van der Waals surface area contributed by atoms with Gasteiger partial charge in [-0.05, 0) is 0 Å². The van der Waals surface area contributed by atoms with Crippen molar-refractivity contribution >= 4 is 17.1 Å². The topological polar surface area (TPSA) is 90.9 Å². The van der Waals surface area contributed by atoms with Gasteiger partial charge in [-0.3, -0.25) is 4.98 Å². The summed E-state index contributed by atoms with van der Waals surface area (Å²) in [6.45, 7) is 0. The number of nitrogen functional groups attached to an aromatic ring is 3. The summed E-state index contributed by atoms with van der Waals surface area (Å²) in [6.07, 6.45) is -1.67. The van der Waals surface area contributed by atoms with E-state index in [0.717, 1.165) is 6.20 Å². The zero-order chi connectivity index (χ0) is 9.30. The number of hydrogen-bond acceptors (Lipinski definition) is 4. The summed E-state index contributed by atoms with van der Waals surface area (Å²) in [5.74, 6) is 0. The lowest BCUT2D eigenvalue weighted by Gasteiger charge is -2.07. The van der Waals surface area contributed by atoms with Crippen molar-refractivity contribution in [3.05, 3.63) is 11.9 Å². The third kappa shape index (κ3) is 1.23. The molecular formula is C6H8F2N4. The van der Waals surface area contributed by atoms with Crippen LogP contribution >= 0.6 is 0 Å². The van der Waals surface area contributed by atoms with Gasteiger partial charge < -0.3 is 17.2 Å². The fourth-order valence-corrected chi connectivity index (χ4v) is 0.746. The van der Waals surface area contributed by atoms with Crippen LogP contribution in [0.15, 0.2) is 6.20 Å². The first-order valence-corrected chi connectivity index (χ1v) is 3.11. The number of rotatable bonds is 1. The molecule has 12 heavy (non-hydrogen) atoms. The second kappa shape index (κ2) is 2.80. The molecule has 4 nitrogen and oxygen atoms in total. The second-order valence-electron chi connectivity index (χ2n) is 2.23. The Balaban J connectivity index is 3.27. The molecule has 66 valence electrons. The number of anilines is 3. The van der Waals surface area contributed by atoms with E-state index >= 15 is 0 Å². The lowest BCUT2D eigenvalue weighted by atomic mass is 10.2. The van der Waals surface area contributed by atoms with E-state index in [9.17, 15) is 8.78 Å². The maximum atomic E-state index is 12.1. The fraction of sp³-hybridized carbons (Fsp3) is 0.167. The third-order valence-corrected chi connectivity index (χ3v) is 1.43. The van der Waals surface area contributed by atoms with Gasteiger partial charge in [0, 0.05) is 0 Å².